The topological polar surface area (TPSA) is 247 Å². The van der Waals surface area contributed by atoms with Crippen LogP contribution in [-0.2, 0) is 52.9 Å². The van der Waals surface area contributed by atoms with Crippen molar-refractivity contribution in [2.45, 2.75) is 160 Å². The van der Waals surface area contributed by atoms with Crippen LogP contribution in [0.25, 0.3) is 10.9 Å². The van der Waals surface area contributed by atoms with E-state index in [0.717, 1.165) is 92.8 Å². The summed E-state index contributed by atoms with van der Waals surface area (Å²) in [6.07, 6.45) is 12.8. The third-order valence-corrected chi connectivity index (χ3v) is 11.9. The Morgan fingerprint density at radius 1 is 0.742 bits per heavy atom. The van der Waals surface area contributed by atoms with Crippen molar-refractivity contribution in [1.29, 1.82) is 0 Å². The van der Waals surface area contributed by atoms with Crippen molar-refractivity contribution in [1.82, 2.24) is 25.8 Å². The summed E-state index contributed by atoms with van der Waals surface area (Å²) in [7, 11) is 0. The van der Waals surface area contributed by atoms with Gasteiger partial charge in [0.1, 0.15) is 24.2 Å². The SMILES string of the molecule is CCC(C)[C@H](NC(=O)CCCCCCCCCCCCCCC(=O)N[C@@H](CC(N)=O)C(=O)N[C@@H](Cc1ccccc1)C(=O)O)C(=O)N1Cc2[nH]c3ccccc3c2CC1C(N)=O. The van der Waals surface area contributed by atoms with Gasteiger partial charge < -0.3 is 42.4 Å². The predicted molar refractivity (Wildman–Crippen MR) is 237 cm³/mol. The number of carboxylic acid groups (broad SMARTS) is 1. The zero-order valence-corrected chi connectivity index (χ0v) is 36.4. The first-order valence-corrected chi connectivity index (χ1v) is 22.4. The van der Waals surface area contributed by atoms with E-state index in [-0.39, 0.29) is 37.1 Å². The van der Waals surface area contributed by atoms with Crippen LogP contribution in [0.15, 0.2) is 54.6 Å². The number of H-pyrrole nitrogens is 1. The molecule has 5 atom stereocenters. The molecule has 0 radical (unpaired) electrons. The molecule has 62 heavy (non-hydrogen) atoms. The molecule has 0 spiro atoms. The molecule has 6 amide bonds. The number of amides is 6. The summed E-state index contributed by atoms with van der Waals surface area (Å²) in [5.74, 6) is -4.32. The molecule has 1 aliphatic heterocycles. The molecule has 4 rings (SSSR count). The molecule has 0 saturated heterocycles. The molecule has 2 aromatic carbocycles. The molecule has 15 nitrogen and oxygen atoms in total. The minimum atomic E-state index is -1.26. The maximum atomic E-state index is 14.0. The number of unbranched alkanes of at least 4 members (excludes halogenated alkanes) is 11. The van der Waals surface area contributed by atoms with Crippen molar-refractivity contribution in [2.24, 2.45) is 17.4 Å². The van der Waals surface area contributed by atoms with Crippen LogP contribution in [-0.4, -0.2) is 80.6 Å². The summed E-state index contributed by atoms with van der Waals surface area (Å²) >= 11 is 0. The molecule has 2 unspecified atom stereocenters. The second kappa shape index (κ2) is 25.3. The van der Waals surface area contributed by atoms with E-state index in [2.05, 4.69) is 20.9 Å². The Morgan fingerprint density at radius 3 is 1.84 bits per heavy atom. The first-order chi connectivity index (χ1) is 29.8. The van der Waals surface area contributed by atoms with Gasteiger partial charge >= 0.3 is 5.97 Å². The van der Waals surface area contributed by atoms with Crippen molar-refractivity contribution in [3.05, 3.63) is 71.4 Å². The molecule has 2 heterocycles. The normalized spacial score (nSPS) is 15.5. The molecule has 15 heteroatoms. The lowest BCUT2D eigenvalue weighted by atomic mass is 9.92. The first-order valence-electron chi connectivity index (χ1n) is 22.4. The van der Waals surface area contributed by atoms with E-state index in [0.29, 0.717) is 31.2 Å². The number of carbonyl (C=O) groups is 7. The molecule has 0 saturated carbocycles. The maximum Gasteiger partial charge on any atom is 0.326 e. The number of primary amides is 2. The number of hydrogen-bond donors (Lipinski definition) is 7. The van der Waals surface area contributed by atoms with Crippen molar-refractivity contribution >= 4 is 52.3 Å². The Kier molecular flexibility index (Phi) is 19.9. The highest BCUT2D eigenvalue weighted by Gasteiger charge is 2.39. The van der Waals surface area contributed by atoms with Crippen LogP contribution < -0.4 is 27.4 Å². The second-order valence-electron chi connectivity index (χ2n) is 16.8. The van der Waals surface area contributed by atoms with Crippen molar-refractivity contribution in [3.8, 4) is 0 Å². The van der Waals surface area contributed by atoms with Crippen LogP contribution >= 0.6 is 0 Å². The highest BCUT2D eigenvalue weighted by molar-refractivity contribution is 5.95. The van der Waals surface area contributed by atoms with Gasteiger partial charge in [-0.15, -0.1) is 0 Å². The molecular weight excluding hydrogens is 791 g/mol. The Morgan fingerprint density at radius 2 is 1.29 bits per heavy atom. The number of rotatable bonds is 28. The number of benzene rings is 2. The van der Waals surface area contributed by atoms with E-state index >= 15 is 0 Å². The van der Waals surface area contributed by atoms with Gasteiger partial charge in [0.2, 0.25) is 35.4 Å². The van der Waals surface area contributed by atoms with Crippen LogP contribution in [0.5, 0.6) is 0 Å². The summed E-state index contributed by atoms with van der Waals surface area (Å²) < 4.78 is 0. The number of nitrogens with one attached hydrogen (secondary N) is 4. The third kappa shape index (κ3) is 15.3. The van der Waals surface area contributed by atoms with Gasteiger partial charge in [-0.1, -0.05) is 133 Å². The number of aromatic nitrogens is 1. The van der Waals surface area contributed by atoms with Gasteiger partial charge in [0.05, 0.1) is 13.0 Å². The summed E-state index contributed by atoms with van der Waals surface area (Å²) in [5, 5.41) is 18.6. The minimum Gasteiger partial charge on any atom is -0.480 e. The van der Waals surface area contributed by atoms with Crippen LogP contribution in [0.1, 0.15) is 133 Å². The fourth-order valence-corrected chi connectivity index (χ4v) is 8.14. The average molecular weight is 858 g/mol. The van der Waals surface area contributed by atoms with Gasteiger partial charge in [-0.3, -0.25) is 28.8 Å². The van der Waals surface area contributed by atoms with Crippen molar-refractivity contribution < 1.29 is 38.7 Å². The number of hydrogen-bond acceptors (Lipinski definition) is 7. The lowest BCUT2D eigenvalue weighted by molar-refractivity contribution is -0.145. The molecule has 0 bridgehead atoms. The number of para-hydroxylation sites is 1. The summed E-state index contributed by atoms with van der Waals surface area (Å²) in [4.78, 5) is 93.5. The Bertz CT molecular complexity index is 1970. The molecule has 0 fully saturated rings. The number of nitrogens with zero attached hydrogens (tertiary/aromatic N) is 1. The molecule has 9 N–H and O–H groups in total. The Hall–Kier alpha value is -5.73. The third-order valence-electron chi connectivity index (χ3n) is 11.9. The van der Waals surface area contributed by atoms with Crippen LogP contribution in [0.4, 0.5) is 0 Å². The van der Waals surface area contributed by atoms with Gasteiger partial charge in [0.15, 0.2) is 0 Å². The predicted octanol–water partition coefficient (Wildman–Crippen LogP) is 5.07. The first kappa shape index (κ1) is 48.9. The summed E-state index contributed by atoms with van der Waals surface area (Å²) in [6.45, 7) is 4.14. The van der Waals surface area contributed by atoms with Crippen LogP contribution in [0.3, 0.4) is 0 Å². The fourth-order valence-electron chi connectivity index (χ4n) is 8.14. The zero-order valence-electron chi connectivity index (χ0n) is 36.4. The molecule has 338 valence electrons. The standard InChI is InChI=1S/C47H67N7O8/c1-3-31(2)43(46(60)54-30-38-34(28-39(54)44(49)58)33-23-19-20-24-35(33)50-38)53-42(57)26-18-13-11-9-7-5-4-6-8-10-12-17-25-41(56)51-36(29-40(48)55)45(59)52-37(47(61)62)27-32-21-15-14-16-22-32/h14-16,19-24,31,36-37,39,43,50H,3-13,17-18,25-30H2,1-2H3,(H2,48,55)(H2,49,58)(H,51,56)(H,52,59)(H,53,57)(H,61,62)/t31?,36-,37-,39?,43-/m0/s1. The molecule has 3 aromatic rings. The van der Waals surface area contributed by atoms with Gasteiger partial charge in [0.25, 0.3) is 0 Å². The smallest absolute Gasteiger partial charge is 0.326 e. The van der Waals surface area contributed by atoms with Crippen molar-refractivity contribution in [3.63, 3.8) is 0 Å². The number of aliphatic carboxylic acids is 1. The Balaban J connectivity index is 1.05. The lowest BCUT2D eigenvalue weighted by Crippen LogP contribution is -2.58. The van der Waals surface area contributed by atoms with E-state index in [1.807, 2.05) is 38.1 Å². The Labute approximate surface area is 364 Å². The van der Waals surface area contributed by atoms with Crippen molar-refractivity contribution in [2.75, 3.05) is 0 Å². The highest BCUT2D eigenvalue weighted by atomic mass is 16.4. The van der Waals surface area contributed by atoms with Gasteiger partial charge in [-0.2, -0.15) is 0 Å². The largest absolute Gasteiger partial charge is 0.480 e. The van der Waals surface area contributed by atoms with Gasteiger partial charge in [-0.25, -0.2) is 4.79 Å². The van der Waals surface area contributed by atoms with E-state index < -0.39 is 60.2 Å². The van der Waals surface area contributed by atoms with E-state index in [4.69, 9.17) is 11.5 Å². The number of nitrogens with two attached hydrogens (primary N) is 2. The number of carboxylic acids is 1. The fraction of sp³-hybridized carbons (Fsp3) is 0.553. The number of fused-ring (bicyclic) bond motifs is 3. The van der Waals surface area contributed by atoms with E-state index in [9.17, 15) is 38.7 Å². The monoisotopic (exact) mass is 858 g/mol. The summed E-state index contributed by atoms with van der Waals surface area (Å²) in [5.41, 5.74) is 14.7. The lowest BCUT2D eigenvalue weighted by Gasteiger charge is -2.37. The molecule has 0 aliphatic carbocycles. The quantitative estimate of drug-likeness (QED) is 0.0485. The van der Waals surface area contributed by atoms with Crippen LogP contribution in [0.2, 0.25) is 0 Å². The van der Waals surface area contributed by atoms with E-state index in [1.54, 1.807) is 30.3 Å². The summed E-state index contributed by atoms with van der Waals surface area (Å²) in [6, 6.07) is 12.6. The second-order valence-corrected chi connectivity index (χ2v) is 16.8. The number of aromatic amines is 1. The molecule has 1 aromatic heterocycles. The van der Waals surface area contributed by atoms with E-state index in [1.165, 1.54) is 4.90 Å². The maximum absolute atomic E-state index is 14.0. The minimum absolute atomic E-state index is 0.0464. The zero-order chi connectivity index (χ0) is 45.0. The number of carbonyl (C=O) groups excluding carboxylic acids is 6. The van der Waals surface area contributed by atoms with Gasteiger partial charge in [0, 0.05) is 42.3 Å². The highest BCUT2D eigenvalue weighted by Crippen LogP contribution is 2.31. The van der Waals surface area contributed by atoms with Crippen LogP contribution in [0, 0.1) is 5.92 Å². The molecular formula is C47H67N7O8. The average Bonchev–Trinajstić information content (AvgIpc) is 3.62. The molecule has 1 aliphatic rings. The van der Waals surface area contributed by atoms with Gasteiger partial charge in [-0.05, 0) is 36.0 Å².